The van der Waals surface area contributed by atoms with Gasteiger partial charge in [0.05, 0.1) is 19.1 Å². The first-order valence-corrected chi connectivity index (χ1v) is 6.48. The van der Waals surface area contributed by atoms with Gasteiger partial charge in [0.2, 0.25) is 0 Å². The number of carbonyl (C=O) groups is 1. The molecule has 1 aromatic heterocycles. The van der Waals surface area contributed by atoms with E-state index in [1.165, 1.54) is 18.4 Å². The molecule has 2 aromatic rings. The van der Waals surface area contributed by atoms with Crippen molar-refractivity contribution < 1.29 is 19.4 Å². The largest absolute Gasteiger partial charge is 0.497 e. The zero-order valence-corrected chi connectivity index (χ0v) is 11.9. The van der Waals surface area contributed by atoms with Gasteiger partial charge in [0.1, 0.15) is 17.2 Å². The van der Waals surface area contributed by atoms with Gasteiger partial charge in [-0.1, -0.05) is 0 Å². The van der Waals surface area contributed by atoms with E-state index in [2.05, 4.69) is 4.98 Å². The third kappa shape index (κ3) is 2.61. The molecule has 0 bridgehead atoms. The van der Waals surface area contributed by atoms with Crippen molar-refractivity contribution in [1.82, 2.24) is 4.98 Å². The van der Waals surface area contributed by atoms with Crippen molar-refractivity contribution in [1.29, 1.82) is 0 Å². The number of benzene rings is 1. The minimum absolute atomic E-state index is 0.0570. The van der Waals surface area contributed by atoms with Crippen LogP contribution in [0.15, 0.2) is 18.2 Å². The van der Waals surface area contributed by atoms with E-state index in [0.29, 0.717) is 25.9 Å². The Bertz CT molecular complexity index is 675. The molecule has 2 N–H and O–H groups in total. The summed E-state index contributed by atoms with van der Waals surface area (Å²) in [4.78, 5) is 14.4. The molecular weight excluding hydrogens is 286 g/mol. The van der Waals surface area contributed by atoms with E-state index in [-0.39, 0.29) is 5.69 Å². The third-order valence-electron chi connectivity index (χ3n) is 2.51. The molecular formula is C12H11NO4S2. The van der Waals surface area contributed by atoms with Crippen molar-refractivity contribution in [2.24, 2.45) is 0 Å². The van der Waals surface area contributed by atoms with Gasteiger partial charge in [-0.15, -0.1) is 11.3 Å². The highest BCUT2D eigenvalue weighted by atomic mass is 32.1. The number of carboxylic acids is 1. The van der Waals surface area contributed by atoms with Crippen LogP contribution in [0.4, 0.5) is 0 Å². The Morgan fingerprint density at radius 3 is 2.68 bits per heavy atom. The second-order valence-corrected chi connectivity index (χ2v) is 5.28. The second kappa shape index (κ2) is 5.41. The van der Waals surface area contributed by atoms with Crippen molar-refractivity contribution in [3.8, 4) is 21.9 Å². The van der Waals surface area contributed by atoms with E-state index in [1.54, 1.807) is 25.3 Å². The van der Waals surface area contributed by atoms with Crippen molar-refractivity contribution in [2.45, 2.75) is 0 Å². The van der Waals surface area contributed by atoms with E-state index in [9.17, 15) is 9.90 Å². The number of hydrogen-bond acceptors (Lipinski definition) is 5. The highest BCUT2D eigenvalue weighted by Crippen LogP contribution is 2.38. The van der Waals surface area contributed by atoms with Gasteiger partial charge in [0.15, 0.2) is 3.95 Å². The van der Waals surface area contributed by atoms with Gasteiger partial charge in [-0.2, -0.15) is 0 Å². The summed E-state index contributed by atoms with van der Waals surface area (Å²) < 4.78 is 10.8. The number of aromatic carboxylic acids is 1. The first-order chi connectivity index (χ1) is 9.06. The average molecular weight is 297 g/mol. The maximum absolute atomic E-state index is 11.2. The van der Waals surface area contributed by atoms with Crippen LogP contribution in [-0.2, 0) is 0 Å². The van der Waals surface area contributed by atoms with E-state index in [4.69, 9.17) is 21.7 Å². The number of aromatic nitrogens is 1. The first-order valence-electron chi connectivity index (χ1n) is 5.25. The lowest BCUT2D eigenvalue weighted by Crippen LogP contribution is -1.99. The van der Waals surface area contributed by atoms with Crippen molar-refractivity contribution in [3.05, 3.63) is 27.8 Å². The Morgan fingerprint density at radius 2 is 2.11 bits per heavy atom. The van der Waals surface area contributed by atoms with Gasteiger partial charge in [-0.05, 0) is 30.4 Å². The normalized spacial score (nSPS) is 10.2. The molecule has 0 spiro atoms. The lowest BCUT2D eigenvalue weighted by Gasteiger charge is -2.09. The summed E-state index contributed by atoms with van der Waals surface area (Å²) in [7, 11) is 3.07. The lowest BCUT2D eigenvalue weighted by molar-refractivity contribution is 0.0692. The van der Waals surface area contributed by atoms with Crippen molar-refractivity contribution >= 4 is 29.5 Å². The van der Waals surface area contributed by atoms with E-state index < -0.39 is 5.97 Å². The van der Waals surface area contributed by atoms with E-state index in [1.807, 2.05) is 0 Å². The van der Waals surface area contributed by atoms with Crippen LogP contribution in [0, 0.1) is 3.95 Å². The highest BCUT2D eigenvalue weighted by molar-refractivity contribution is 7.73. The zero-order chi connectivity index (χ0) is 14.0. The van der Waals surface area contributed by atoms with Crippen LogP contribution in [0.3, 0.4) is 0 Å². The highest BCUT2D eigenvalue weighted by Gasteiger charge is 2.19. The number of hydrogen-bond donors (Lipinski definition) is 2. The van der Waals surface area contributed by atoms with Crippen LogP contribution >= 0.6 is 23.6 Å². The fraction of sp³-hybridized carbons (Fsp3) is 0.167. The Morgan fingerprint density at radius 1 is 1.37 bits per heavy atom. The molecule has 0 fully saturated rings. The third-order valence-corrected chi connectivity index (χ3v) is 3.78. The number of thiazole rings is 1. The van der Waals surface area contributed by atoms with Crippen molar-refractivity contribution in [3.63, 3.8) is 0 Å². The van der Waals surface area contributed by atoms with Gasteiger partial charge in [-0.3, -0.25) is 0 Å². The molecule has 2 rings (SSSR count). The summed E-state index contributed by atoms with van der Waals surface area (Å²) in [5.41, 5.74) is 0.693. The smallest absolute Gasteiger partial charge is 0.353 e. The minimum atomic E-state index is -1.06. The minimum Gasteiger partial charge on any atom is -0.497 e. The van der Waals surface area contributed by atoms with Crippen LogP contribution in [0.25, 0.3) is 10.4 Å². The monoisotopic (exact) mass is 297 g/mol. The van der Waals surface area contributed by atoms with Gasteiger partial charge in [-0.25, -0.2) is 4.79 Å². The van der Waals surface area contributed by atoms with Gasteiger partial charge in [0.25, 0.3) is 0 Å². The Hall–Kier alpha value is -1.86. The molecule has 7 heteroatoms. The van der Waals surface area contributed by atoms with E-state index in [0.717, 1.165) is 0 Å². The molecule has 0 saturated carbocycles. The molecule has 0 unspecified atom stereocenters. The topological polar surface area (TPSA) is 71.5 Å². The summed E-state index contributed by atoms with van der Waals surface area (Å²) in [6.45, 7) is 0. The second-order valence-electron chi connectivity index (χ2n) is 3.59. The number of aromatic amines is 1. The number of rotatable bonds is 4. The van der Waals surface area contributed by atoms with Gasteiger partial charge >= 0.3 is 5.97 Å². The van der Waals surface area contributed by atoms with Crippen LogP contribution in [0.2, 0.25) is 0 Å². The van der Waals surface area contributed by atoms with Gasteiger partial charge in [0, 0.05) is 5.56 Å². The number of carboxylic acid groups (broad SMARTS) is 1. The van der Waals surface area contributed by atoms with Crippen LogP contribution < -0.4 is 9.47 Å². The zero-order valence-electron chi connectivity index (χ0n) is 10.2. The summed E-state index contributed by atoms with van der Waals surface area (Å²) in [5.74, 6) is 0.118. The molecule has 0 amide bonds. The van der Waals surface area contributed by atoms with Crippen LogP contribution in [0.5, 0.6) is 11.5 Å². The quantitative estimate of drug-likeness (QED) is 0.848. The maximum atomic E-state index is 11.2. The van der Waals surface area contributed by atoms with Crippen LogP contribution in [0.1, 0.15) is 10.5 Å². The maximum Gasteiger partial charge on any atom is 0.353 e. The summed E-state index contributed by atoms with van der Waals surface area (Å²) in [5, 5.41) is 9.19. The molecule has 19 heavy (non-hydrogen) atoms. The number of methoxy groups -OCH3 is 2. The Balaban J connectivity index is 2.69. The summed E-state index contributed by atoms with van der Waals surface area (Å²) in [6, 6.07) is 5.19. The Labute approximate surface area is 118 Å². The lowest BCUT2D eigenvalue weighted by atomic mass is 10.1. The fourth-order valence-corrected chi connectivity index (χ4v) is 2.86. The molecule has 0 aliphatic rings. The number of H-pyrrole nitrogens is 1. The fourth-order valence-electron chi connectivity index (χ4n) is 1.66. The molecule has 5 nitrogen and oxygen atoms in total. The van der Waals surface area contributed by atoms with Crippen molar-refractivity contribution in [2.75, 3.05) is 14.2 Å². The molecule has 0 atom stereocenters. The molecule has 1 heterocycles. The molecule has 0 saturated heterocycles. The standard InChI is InChI=1S/C12H11NO4S2/c1-16-6-3-4-8(17-2)7(5-6)10-9(11(14)15)13-12(18)19-10/h3-5H,1-2H3,(H,13,18)(H,14,15). The summed E-state index contributed by atoms with van der Waals surface area (Å²) in [6.07, 6.45) is 0. The first kappa shape index (κ1) is 13.6. The Kier molecular flexibility index (Phi) is 3.87. The predicted octanol–water partition coefficient (Wildman–Crippen LogP) is 3.19. The molecule has 0 aliphatic carbocycles. The molecule has 1 aromatic carbocycles. The molecule has 0 radical (unpaired) electrons. The average Bonchev–Trinajstić information content (AvgIpc) is 2.80. The molecule has 100 valence electrons. The van der Waals surface area contributed by atoms with Crippen LogP contribution in [-0.4, -0.2) is 30.3 Å². The summed E-state index contributed by atoms with van der Waals surface area (Å²) >= 11 is 6.20. The number of nitrogens with one attached hydrogen (secondary N) is 1. The number of ether oxygens (including phenoxy) is 2. The predicted molar refractivity (Wildman–Crippen MR) is 75.0 cm³/mol. The molecule has 0 aliphatic heterocycles. The SMILES string of the molecule is COc1ccc(OC)c(-c2sc(=S)[nH]c2C(=O)O)c1. The van der Waals surface area contributed by atoms with E-state index >= 15 is 0 Å². The van der Waals surface area contributed by atoms with Gasteiger partial charge < -0.3 is 19.6 Å².